The number of likely N-dealkylation sites (N-methyl/N-ethyl adjacent to an activating group) is 1. The predicted molar refractivity (Wildman–Crippen MR) is 60.8 cm³/mol. The summed E-state index contributed by atoms with van der Waals surface area (Å²) in [7, 11) is -3.23. The third-order valence-corrected chi connectivity index (χ3v) is 0.784. The first kappa shape index (κ1) is 36.0. The van der Waals surface area contributed by atoms with Crippen molar-refractivity contribution in [1.29, 1.82) is 5.41 Å². The van der Waals surface area contributed by atoms with Crippen molar-refractivity contribution < 1.29 is 49.3 Å². The number of carboxylic acids is 1. The number of nitrogens with one attached hydrogen (secondary N) is 1. The molecular weight excluding hydrogens is 282 g/mol. The Morgan fingerprint density at radius 2 is 1.44 bits per heavy atom. The number of carbonyl (C=O) groups is 1. The van der Waals surface area contributed by atoms with Crippen LogP contribution < -0.4 is 5.73 Å². The number of hydrogen-bond acceptors (Lipinski definition) is 4. The summed E-state index contributed by atoms with van der Waals surface area (Å²) in [6.07, 6.45) is 0. The molecule has 0 spiro atoms. The van der Waals surface area contributed by atoms with Crippen LogP contribution in [0.3, 0.4) is 0 Å². The predicted octanol–water partition coefficient (Wildman–Crippen LogP) is -5.06. The van der Waals surface area contributed by atoms with Crippen LogP contribution in [-0.2, 0) is 15.2 Å². The van der Waals surface area contributed by atoms with Crippen LogP contribution in [0, 0.1) is 5.41 Å². The molecule has 14 N–H and O–H groups in total. The summed E-state index contributed by atoms with van der Waals surface area (Å²) in [5.74, 6) is -1.23. The molecule has 0 fully saturated rings. The Labute approximate surface area is 102 Å². The van der Waals surface area contributed by atoms with Crippen LogP contribution in [0.25, 0.3) is 0 Å². The van der Waals surface area contributed by atoms with Crippen molar-refractivity contribution in [3.8, 4) is 0 Å². The fraction of sp³-hybridized carbons (Fsp3) is 0.500. The molecule has 0 rings (SSSR count). The topological polar surface area (TPSA) is 291 Å². The van der Waals surface area contributed by atoms with E-state index >= 15 is 0 Å². The van der Waals surface area contributed by atoms with Crippen molar-refractivity contribution >= 4 is 22.3 Å². The molecule has 0 aromatic carbocycles. The minimum Gasteiger partial charge on any atom is -0.480 e. The molecule has 0 aliphatic carbocycles. The van der Waals surface area contributed by atoms with Crippen molar-refractivity contribution in [1.82, 2.24) is 4.90 Å². The Hall–Kier alpha value is -1.55. The van der Waals surface area contributed by atoms with Crippen molar-refractivity contribution in [2.75, 3.05) is 13.6 Å². The van der Waals surface area contributed by atoms with Crippen molar-refractivity contribution in [2.24, 2.45) is 5.73 Å². The normalized spacial score (nSPS) is 7.50. The first-order valence-electron chi connectivity index (χ1n) is 3.01. The van der Waals surface area contributed by atoms with Gasteiger partial charge in [0.15, 0.2) is 5.96 Å². The average Bonchev–Trinajstić information content (AvgIpc) is 1.80. The summed E-state index contributed by atoms with van der Waals surface area (Å²) >= 11 is 0. The van der Waals surface area contributed by atoms with E-state index in [1.807, 2.05) is 0 Å². The quantitative estimate of drug-likeness (QED) is 0.186. The van der Waals surface area contributed by atoms with Gasteiger partial charge < -0.3 is 37.6 Å². The van der Waals surface area contributed by atoms with E-state index < -0.39 is 16.4 Å². The lowest BCUT2D eigenvalue weighted by atomic mass is 10.6. The van der Waals surface area contributed by atoms with Gasteiger partial charge in [-0.15, -0.1) is 0 Å². The van der Waals surface area contributed by atoms with Crippen LogP contribution in [0.5, 0.6) is 0 Å². The summed E-state index contributed by atoms with van der Waals surface area (Å²) in [4.78, 5) is 11.0. The maximum Gasteiger partial charge on any atom is 0.394 e. The van der Waals surface area contributed by atoms with Crippen LogP contribution in [0.1, 0.15) is 0 Å². The summed E-state index contributed by atoms with van der Waals surface area (Å²) < 4.78 is 31.6. The highest BCUT2D eigenvalue weighted by Gasteiger charge is 2.03. The van der Waals surface area contributed by atoms with Crippen molar-refractivity contribution in [2.45, 2.75) is 0 Å². The lowest BCUT2D eigenvalue weighted by molar-refractivity contribution is -0.137. The lowest BCUT2D eigenvalue weighted by Gasteiger charge is -2.12. The molecule has 0 saturated heterocycles. The van der Waals surface area contributed by atoms with Gasteiger partial charge in [0.25, 0.3) is 0 Å². The van der Waals surface area contributed by atoms with Gasteiger partial charge in [-0.05, 0) is 0 Å². The number of rotatable bonds is 2. The molecule has 0 aliphatic heterocycles. The van der Waals surface area contributed by atoms with Crippen molar-refractivity contribution in [3.63, 3.8) is 0 Å². The van der Waals surface area contributed by atoms with E-state index in [-0.39, 0.29) is 34.4 Å². The Morgan fingerprint density at radius 1 is 1.22 bits per heavy atom. The number of carboxylic acid groups (broad SMARTS) is 1. The second-order valence-corrected chi connectivity index (χ2v) is 2.98. The summed E-state index contributed by atoms with van der Waals surface area (Å²) in [6, 6.07) is 0. The minimum atomic E-state index is -4.67. The van der Waals surface area contributed by atoms with Gasteiger partial charge in [-0.25, -0.2) is 0 Å². The van der Waals surface area contributed by atoms with E-state index in [4.69, 9.17) is 33.8 Å². The molecule has 13 nitrogen and oxygen atoms in total. The smallest absolute Gasteiger partial charge is 0.394 e. The molecule has 0 aromatic rings. The van der Waals surface area contributed by atoms with E-state index in [9.17, 15) is 4.79 Å². The first-order valence-corrected chi connectivity index (χ1v) is 4.40. The summed E-state index contributed by atoms with van der Waals surface area (Å²) in [5, 5.41) is 14.9. The molecule has 0 atom stereocenters. The van der Waals surface area contributed by atoms with Gasteiger partial charge in [-0.3, -0.25) is 19.3 Å². The second-order valence-electron chi connectivity index (χ2n) is 2.08. The molecule has 0 bridgehead atoms. The van der Waals surface area contributed by atoms with Crippen LogP contribution >= 0.6 is 0 Å². The van der Waals surface area contributed by atoms with Gasteiger partial charge in [0.05, 0.1) is 0 Å². The van der Waals surface area contributed by atoms with E-state index in [1.54, 1.807) is 0 Å². The molecule has 18 heavy (non-hydrogen) atoms. The number of nitrogens with zero attached hydrogens (tertiary/aromatic N) is 1. The molecule has 0 radical (unpaired) electrons. The summed E-state index contributed by atoms with van der Waals surface area (Å²) in [5.41, 5.74) is 4.93. The largest absolute Gasteiger partial charge is 0.480 e. The zero-order valence-electron chi connectivity index (χ0n) is 9.21. The Balaban J connectivity index is -0.0000000359. The Bertz CT molecular complexity index is 294. The molecule has 0 unspecified atom stereocenters. The molecule has 116 valence electrons. The molecule has 14 heteroatoms. The fourth-order valence-electron chi connectivity index (χ4n) is 0.288. The van der Waals surface area contributed by atoms with E-state index in [0.29, 0.717) is 0 Å². The van der Waals surface area contributed by atoms with Crippen molar-refractivity contribution in [3.05, 3.63) is 0 Å². The highest BCUT2D eigenvalue weighted by atomic mass is 32.3. The zero-order valence-corrected chi connectivity index (χ0v) is 10.0. The van der Waals surface area contributed by atoms with Gasteiger partial charge in [-0.2, -0.15) is 8.42 Å². The Morgan fingerprint density at radius 3 is 1.50 bits per heavy atom. The summed E-state index contributed by atoms with van der Waals surface area (Å²) in [6.45, 7) is -0.227. The Kier molecular flexibility index (Phi) is 30.9. The standard InChI is InChI=1S/C4H9N3O2.H2O4S.4H2O/c1-7(4(5)6)2-3(8)9;1-5(2,3)4;;;;/h2H2,1H3,(H3,5,6)(H,8,9);(H2,1,2,3,4);4*1H2. The van der Waals surface area contributed by atoms with Crippen LogP contribution in [0.4, 0.5) is 0 Å². The number of hydrogen-bond donors (Lipinski definition) is 5. The van der Waals surface area contributed by atoms with Gasteiger partial charge in [0, 0.05) is 7.05 Å². The third kappa shape index (κ3) is 62.8. The van der Waals surface area contributed by atoms with Gasteiger partial charge in [-0.1, -0.05) is 0 Å². The lowest BCUT2D eigenvalue weighted by Crippen LogP contribution is -2.36. The number of guanidine groups is 1. The molecule has 0 saturated carbocycles. The monoisotopic (exact) mass is 301 g/mol. The number of nitrogens with two attached hydrogens (primary N) is 1. The molecule has 0 heterocycles. The first-order chi connectivity index (χ1) is 6.04. The molecule has 0 aliphatic rings. The van der Waals surface area contributed by atoms with E-state index in [0.717, 1.165) is 4.90 Å². The van der Waals surface area contributed by atoms with Gasteiger partial charge in [0.1, 0.15) is 6.54 Å². The van der Waals surface area contributed by atoms with E-state index in [2.05, 4.69) is 0 Å². The minimum absolute atomic E-state index is 0. The molecule has 0 aromatic heterocycles. The number of aliphatic carboxylic acids is 1. The van der Waals surface area contributed by atoms with Crippen LogP contribution in [-0.4, -0.2) is 75.0 Å². The highest BCUT2D eigenvalue weighted by molar-refractivity contribution is 7.79. The van der Waals surface area contributed by atoms with E-state index in [1.165, 1.54) is 7.05 Å². The fourth-order valence-corrected chi connectivity index (χ4v) is 0.288. The molecular formula is C4H19N3O10S. The highest BCUT2D eigenvalue weighted by Crippen LogP contribution is 1.76. The van der Waals surface area contributed by atoms with Crippen LogP contribution in [0.2, 0.25) is 0 Å². The third-order valence-electron chi connectivity index (χ3n) is 0.784. The molecule has 0 amide bonds. The zero-order chi connectivity index (χ0) is 11.9. The maximum atomic E-state index is 9.92. The van der Waals surface area contributed by atoms with Crippen LogP contribution in [0.15, 0.2) is 0 Å². The second kappa shape index (κ2) is 15.4. The van der Waals surface area contributed by atoms with Gasteiger partial charge >= 0.3 is 16.4 Å². The average molecular weight is 301 g/mol. The SMILES string of the molecule is CN(CC(=O)O)C(=N)N.O.O.O.O.O=S(=O)(O)O. The maximum absolute atomic E-state index is 9.92. The van der Waals surface area contributed by atoms with Gasteiger partial charge in [0.2, 0.25) is 0 Å².